The highest BCUT2D eigenvalue weighted by Crippen LogP contribution is 2.42. The summed E-state index contributed by atoms with van der Waals surface area (Å²) in [4.78, 5) is 27.4. The van der Waals surface area contributed by atoms with Crippen molar-refractivity contribution in [1.29, 1.82) is 0 Å². The number of hydrogen-bond acceptors (Lipinski definition) is 3. The molecule has 1 amide bonds. The third kappa shape index (κ3) is 1.98. The molecule has 1 aromatic carbocycles. The van der Waals surface area contributed by atoms with Crippen molar-refractivity contribution in [2.45, 2.75) is 31.2 Å². The van der Waals surface area contributed by atoms with Crippen molar-refractivity contribution in [3.8, 4) is 0 Å². The molecule has 2 heterocycles. The fourth-order valence-corrected chi connectivity index (χ4v) is 3.03. The van der Waals surface area contributed by atoms with E-state index in [1.54, 1.807) is 18.2 Å². The van der Waals surface area contributed by atoms with Crippen molar-refractivity contribution in [3.05, 3.63) is 29.6 Å². The van der Waals surface area contributed by atoms with Crippen LogP contribution < -0.4 is 5.32 Å². The topological polar surface area (TPSA) is 84.2 Å². The van der Waals surface area contributed by atoms with E-state index in [0.29, 0.717) is 18.9 Å². The number of fused-ring (bicyclic) bond motifs is 1. The first-order chi connectivity index (χ1) is 10.1. The van der Waals surface area contributed by atoms with Crippen LogP contribution in [0.2, 0.25) is 0 Å². The lowest BCUT2D eigenvalue weighted by Crippen LogP contribution is -2.16. The van der Waals surface area contributed by atoms with Gasteiger partial charge in [0, 0.05) is 18.9 Å². The Morgan fingerprint density at radius 2 is 2.19 bits per heavy atom. The number of carbonyl (C=O) groups excluding carboxylic acids is 1. The van der Waals surface area contributed by atoms with Crippen LogP contribution in [0.1, 0.15) is 47.4 Å². The SMILES string of the molecule is O=C1CC(n2c(C3CC3)nc3ccc(C(=O)O)cc32)CN1. The minimum atomic E-state index is -0.946. The quantitative estimate of drug-likeness (QED) is 0.898. The van der Waals surface area contributed by atoms with Crippen LogP contribution in [-0.2, 0) is 4.79 Å². The average Bonchev–Trinajstić information content (AvgIpc) is 3.11. The van der Waals surface area contributed by atoms with Crippen molar-refractivity contribution in [2.75, 3.05) is 6.54 Å². The van der Waals surface area contributed by atoms with E-state index in [9.17, 15) is 14.7 Å². The number of nitrogens with zero attached hydrogens (tertiary/aromatic N) is 2. The molecule has 4 rings (SSSR count). The van der Waals surface area contributed by atoms with Gasteiger partial charge in [0.2, 0.25) is 5.91 Å². The number of carboxylic acids is 1. The highest BCUT2D eigenvalue weighted by Gasteiger charge is 2.34. The predicted octanol–water partition coefficient (Wildman–Crippen LogP) is 1.67. The second-order valence-corrected chi connectivity index (χ2v) is 5.78. The summed E-state index contributed by atoms with van der Waals surface area (Å²) < 4.78 is 2.08. The number of nitrogens with one attached hydrogen (secondary N) is 1. The minimum Gasteiger partial charge on any atom is -0.478 e. The number of benzene rings is 1. The Labute approximate surface area is 120 Å². The van der Waals surface area contributed by atoms with Gasteiger partial charge in [0.15, 0.2) is 0 Å². The molecule has 2 aromatic rings. The molecule has 0 radical (unpaired) electrons. The van der Waals surface area contributed by atoms with Crippen molar-refractivity contribution in [1.82, 2.24) is 14.9 Å². The van der Waals surface area contributed by atoms with E-state index in [2.05, 4.69) is 14.9 Å². The van der Waals surface area contributed by atoms with E-state index < -0.39 is 5.97 Å². The number of amides is 1. The molecule has 1 saturated carbocycles. The predicted molar refractivity (Wildman–Crippen MR) is 75.3 cm³/mol. The van der Waals surface area contributed by atoms with Gasteiger partial charge in [-0.05, 0) is 31.0 Å². The summed E-state index contributed by atoms with van der Waals surface area (Å²) in [6, 6.07) is 5.03. The molecule has 1 saturated heterocycles. The van der Waals surface area contributed by atoms with Gasteiger partial charge in [-0.2, -0.15) is 0 Å². The molecular formula is C15H15N3O3. The van der Waals surface area contributed by atoms with Crippen LogP contribution in [0.15, 0.2) is 18.2 Å². The number of aromatic nitrogens is 2. The van der Waals surface area contributed by atoms with Crippen LogP contribution in [0.4, 0.5) is 0 Å². The smallest absolute Gasteiger partial charge is 0.335 e. The first-order valence-corrected chi connectivity index (χ1v) is 7.15. The fourth-order valence-electron chi connectivity index (χ4n) is 3.03. The maximum absolute atomic E-state index is 11.5. The first kappa shape index (κ1) is 12.4. The van der Waals surface area contributed by atoms with Gasteiger partial charge in [0.25, 0.3) is 0 Å². The standard InChI is InChI=1S/C15H15N3O3/c19-13-6-10(7-16-13)18-12-5-9(15(20)21)3-4-11(12)17-14(18)8-1-2-8/h3-5,8,10H,1-2,6-7H2,(H,16,19)(H,20,21). The van der Waals surface area contributed by atoms with Crippen molar-refractivity contribution in [3.63, 3.8) is 0 Å². The van der Waals surface area contributed by atoms with Gasteiger partial charge in [-0.15, -0.1) is 0 Å². The maximum atomic E-state index is 11.5. The van der Waals surface area contributed by atoms with Crippen LogP contribution in [0.3, 0.4) is 0 Å². The van der Waals surface area contributed by atoms with Gasteiger partial charge in [-0.1, -0.05) is 0 Å². The largest absolute Gasteiger partial charge is 0.478 e. The number of carboxylic acid groups (broad SMARTS) is 1. The molecular weight excluding hydrogens is 270 g/mol. The zero-order valence-electron chi connectivity index (χ0n) is 11.4. The first-order valence-electron chi connectivity index (χ1n) is 7.15. The second-order valence-electron chi connectivity index (χ2n) is 5.78. The Bertz CT molecular complexity index is 761. The summed E-state index contributed by atoms with van der Waals surface area (Å²) in [5, 5.41) is 12.0. The third-order valence-corrected chi connectivity index (χ3v) is 4.23. The normalized spacial score (nSPS) is 21.7. The lowest BCUT2D eigenvalue weighted by atomic mass is 10.1. The highest BCUT2D eigenvalue weighted by molar-refractivity contribution is 5.92. The summed E-state index contributed by atoms with van der Waals surface area (Å²) in [5.41, 5.74) is 1.88. The molecule has 6 heteroatoms. The molecule has 1 aliphatic heterocycles. The summed E-state index contributed by atoms with van der Waals surface area (Å²) in [5.74, 6) is 0.534. The Kier molecular flexibility index (Phi) is 2.54. The maximum Gasteiger partial charge on any atom is 0.335 e. The molecule has 1 aromatic heterocycles. The molecule has 2 aliphatic rings. The summed E-state index contributed by atoms with van der Waals surface area (Å²) in [7, 11) is 0. The van der Waals surface area contributed by atoms with Crippen LogP contribution in [0.5, 0.6) is 0 Å². The van der Waals surface area contributed by atoms with Crippen molar-refractivity contribution < 1.29 is 14.7 Å². The number of aromatic carboxylic acids is 1. The third-order valence-electron chi connectivity index (χ3n) is 4.23. The van der Waals surface area contributed by atoms with Crippen LogP contribution in [0, 0.1) is 0 Å². The van der Waals surface area contributed by atoms with Gasteiger partial charge >= 0.3 is 5.97 Å². The lowest BCUT2D eigenvalue weighted by Gasteiger charge is -2.14. The zero-order chi connectivity index (χ0) is 14.6. The van der Waals surface area contributed by atoms with Crippen molar-refractivity contribution in [2.24, 2.45) is 0 Å². The minimum absolute atomic E-state index is 0.0298. The van der Waals surface area contributed by atoms with E-state index in [0.717, 1.165) is 29.7 Å². The van der Waals surface area contributed by atoms with E-state index >= 15 is 0 Å². The molecule has 0 bridgehead atoms. The molecule has 21 heavy (non-hydrogen) atoms. The van der Waals surface area contributed by atoms with E-state index in [4.69, 9.17) is 0 Å². The number of hydrogen-bond donors (Lipinski definition) is 2. The Hall–Kier alpha value is -2.37. The van der Waals surface area contributed by atoms with Gasteiger partial charge in [-0.3, -0.25) is 4.79 Å². The second kappa shape index (κ2) is 4.31. The van der Waals surface area contributed by atoms with Gasteiger partial charge in [0.1, 0.15) is 5.82 Å². The average molecular weight is 285 g/mol. The summed E-state index contributed by atoms with van der Waals surface area (Å²) >= 11 is 0. The fraction of sp³-hybridized carbons (Fsp3) is 0.400. The molecule has 2 fully saturated rings. The summed E-state index contributed by atoms with van der Waals surface area (Å²) in [6.45, 7) is 0.585. The van der Waals surface area contributed by atoms with E-state index in [1.165, 1.54) is 0 Å². The molecule has 1 unspecified atom stereocenters. The number of carbonyl (C=O) groups is 2. The van der Waals surface area contributed by atoms with Crippen LogP contribution in [-0.4, -0.2) is 33.1 Å². The monoisotopic (exact) mass is 285 g/mol. The van der Waals surface area contributed by atoms with E-state index in [-0.39, 0.29) is 17.5 Å². The van der Waals surface area contributed by atoms with Crippen molar-refractivity contribution >= 4 is 22.9 Å². The number of rotatable bonds is 3. The Morgan fingerprint density at radius 3 is 2.81 bits per heavy atom. The number of imidazole rings is 1. The lowest BCUT2D eigenvalue weighted by molar-refractivity contribution is -0.119. The Balaban J connectivity index is 1.91. The molecule has 108 valence electrons. The molecule has 1 aliphatic carbocycles. The molecule has 1 atom stereocenters. The van der Waals surface area contributed by atoms with Gasteiger partial charge in [0.05, 0.1) is 22.6 Å². The zero-order valence-corrected chi connectivity index (χ0v) is 11.4. The van der Waals surface area contributed by atoms with Gasteiger partial charge in [-0.25, -0.2) is 9.78 Å². The Morgan fingerprint density at radius 1 is 1.38 bits per heavy atom. The summed E-state index contributed by atoms with van der Waals surface area (Å²) in [6.07, 6.45) is 2.66. The van der Waals surface area contributed by atoms with E-state index in [1.807, 2.05) is 0 Å². The molecule has 2 N–H and O–H groups in total. The molecule has 0 spiro atoms. The van der Waals surface area contributed by atoms with Gasteiger partial charge < -0.3 is 15.0 Å². The molecule has 6 nitrogen and oxygen atoms in total. The van der Waals surface area contributed by atoms with Crippen LogP contribution >= 0.6 is 0 Å². The highest BCUT2D eigenvalue weighted by atomic mass is 16.4. The van der Waals surface area contributed by atoms with Crippen LogP contribution in [0.25, 0.3) is 11.0 Å².